The zero-order chi connectivity index (χ0) is 15.9. The molecule has 0 amide bonds. The maximum absolute atomic E-state index is 11.3. The minimum Gasteiger partial charge on any atom is -0.298 e. The fraction of sp³-hybridized carbons (Fsp3) is 0. The van der Waals surface area contributed by atoms with E-state index in [0.717, 1.165) is 11.1 Å². The molecule has 4 heteroatoms. The van der Waals surface area contributed by atoms with Crippen LogP contribution in [-0.2, 0) is 9.59 Å². The highest BCUT2D eigenvalue weighted by molar-refractivity contribution is 6.30. The maximum atomic E-state index is 11.3. The largest absolute Gasteiger partial charge is 0.298 e. The number of rotatable bonds is 5. The molecule has 2 aromatic rings. The summed E-state index contributed by atoms with van der Waals surface area (Å²) in [6, 6.07) is 14.0. The van der Waals surface area contributed by atoms with Gasteiger partial charge in [-0.05, 0) is 47.5 Å². The lowest BCUT2D eigenvalue weighted by Gasteiger charge is -2.01. The summed E-state index contributed by atoms with van der Waals surface area (Å²) in [5.41, 5.74) is 2.17. The molecule has 0 saturated carbocycles. The van der Waals surface area contributed by atoms with Gasteiger partial charge in [-0.2, -0.15) is 0 Å². The Labute approximate surface area is 138 Å². The van der Waals surface area contributed by atoms with Crippen molar-refractivity contribution in [2.24, 2.45) is 0 Å². The molecule has 0 unspecified atom stereocenters. The van der Waals surface area contributed by atoms with Gasteiger partial charge < -0.3 is 0 Å². The standard InChI is InChI=1S/C18H12Cl2O2/c19-17-5-1-13(2-6-17)9-15(11-21)16(12-22)10-14-3-7-18(20)8-4-14/h1-12H. The molecule has 0 saturated heterocycles. The van der Waals surface area contributed by atoms with Crippen LogP contribution >= 0.6 is 23.2 Å². The quantitative estimate of drug-likeness (QED) is 0.445. The molecule has 0 spiro atoms. The van der Waals surface area contributed by atoms with Gasteiger partial charge in [-0.1, -0.05) is 47.5 Å². The Kier molecular flexibility index (Phi) is 5.70. The summed E-state index contributed by atoms with van der Waals surface area (Å²) in [5.74, 6) is 0. The van der Waals surface area contributed by atoms with Gasteiger partial charge in [0, 0.05) is 21.2 Å². The van der Waals surface area contributed by atoms with Crippen molar-refractivity contribution in [3.05, 3.63) is 80.8 Å². The molecular weight excluding hydrogens is 319 g/mol. The van der Waals surface area contributed by atoms with Crippen molar-refractivity contribution in [1.29, 1.82) is 0 Å². The highest BCUT2D eigenvalue weighted by Gasteiger charge is 2.04. The van der Waals surface area contributed by atoms with Gasteiger partial charge in [0.05, 0.1) is 0 Å². The summed E-state index contributed by atoms with van der Waals surface area (Å²) in [6.45, 7) is 0. The zero-order valence-electron chi connectivity index (χ0n) is 11.5. The fourth-order valence-electron chi connectivity index (χ4n) is 1.85. The molecule has 2 nitrogen and oxygen atoms in total. The van der Waals surface area contributed by atoms with Crippen LogP contribution in [-0.4, -0.2) is 12.6 Å². The lowest BCUT2D eigenvalue weighted by Crippen LogP contribution is -1.93. The first-order valence-corrected chi connectivity index (χ1v) is 7.23. The minimum atomic E-state index is 0.298. The third kappa shape index (κ3) is 4.42. The monoisotopic (exact) mass is 330 g/mol. The van der Waals surface area contributed by atoms with E-state index in [9.17, 15) is 9.59 Å². The molecule has 0 bridgehead atoms. The summed E-state index contributed by atoms with van der Waals surface area (Å²) < 4.78 is 0. The average molecular weight is 331 g/mol. The van der Waals surface area contributed by atoms with Crippen LogP contribution in [0.1, 0.15) is 11.1 Å². The van der Waals surface area contributed by atoms with Crippen LogP contribution in [0.3, 0.4) is 0 Å². The predicted octanol–water partition coefficient (Wildman–Crippen LogP) is 4.86. The summed E-state index contributed by atoms with van der Waals surface area (Å²) in [4.78, 5) is 22.6. The SMILES string of the molecule is O=CC(=Cc1ccc(Cl)cc1)C(C=O)=Cc1ccc(Cl)cc1. The summed E-state index contributed by atoms with van der Waals surface area (Å²) in [5, 5.41) is 1.22. The van der Waals surface area contributed by atoms with E-state index in [1.165, 1.54) is 0 Å². The van der Waals surface area contributed by atoms with E-state index < -0.39 is 0 Å². The normalized spacial score (nSPS) is 12.1. The summed E-state index contributed by atoms with van der Waals surface area (Å²) in [6.07, 6.45) is 4.59. The van der Waals surface area contributed by atoms with E-state index in [1.807, 2.05) is 0 Å². The second-order valence-electron chi connectivity index (χ2n) is 4.54. The number of carbonyl (C=O) groups is 2. The van der Waals surface area contributed by atoms with Crippen molar-refractivity contribution in [1.82, 2.24) is 0 Å². The van der Waals surface area contributed by atoms with Gasteiger partial charge in [0.15, 0.2) is 12.6 Å². The number of allylic oxidation sites excluding steroid dienone is 2. The molecule has 0 aromatic heterocycles. The zero-order valence-corrected chi connectivity index (χ0v) is 13.0. The van der Waals surface area contributed by atoms with E-state index in [-0.39, 0.29) is 0 Å². The second kappa shape index (κ2) is 7.74. The van der Waals surface area contributed by atoms with Crippen LogP contribution in [0, 0.1) is 0 Å². The molecule has 110 valence electrons. The second-order valence-corrected chi connectivity index (χ2v) is 5.41. The van der Waals surface area contributed by atoms with E-state index in [2.05, 4.69) is 0 Å². The van der Waals surface area contributed by atoms with E-state index in [0.29, 0.717) is 33.8 Å². The highest BCUT2D eigenvalue weighted by atomic mass is 35.5. The Balaban J connectivity index is 2.37. The number of halogens is 2. The van der Waals surface area contributed by atoms with Crippen LogP contribution in [0.15, 0.2) is 59.7 Å². The average Bonchev–Trinajstić information content (AvgIpc) is 2.54. The fourth-order valence-corrected chi connectivity index (χ4v) is 2.10. The van der Waals surface area contributed by atoms with Crippen molar-refractivity contribution < 1.29 is 9.59 Å². The Hall–Kier alpha value is -2.16. The van der Waals surface area contributed by atoms with E-state index in [4.69, 9.17) is 23.2 Å². The number of hydrogen-bond acceptors (Lipinski definition) is 2. The van der Waals surface area contributed by atoms with Crippen molar-refractivity contribution in [3.8, 4) is 0 Å². The first-order chi connectivity index (χ1) is 10.6. The summed E-state index contributed by atoms with van der Waals surface area (Å²) >= 11 is 11.6. The molecule has 0 aliphatic rings. The smallest absolute Gasteiger partial charge is 0.150 e. The van der Waals surface area contributed by atoms with Crippen LogP contribution in [0.4, 0.5) is 0 Å². The predicted molar refractivity (Wildman–Crippen MR) is 91.0 cm³/mol. The number of aldehydes is 2. The molecule has 0 N–H and O–H groups in total. The van der Waals surface area contributed by atoms with Crippen LogP contribution in [0.5, 0.6) is 0 Å². The van der Waals surface area contributed by atoms with Crippen molar-refractivity contribution >= 4 is 47.9 Å². The molecule has 0 aliphatic heterocycles. The van der Waals surface area contributed by atoms with Gasteiger partial charge in [0.1, 0.15) is 0 Å². The van der Waals surface area contributed by atoms with Gasteiger partial charge in [-0.15, -0.1) is 0 Å². The Morgan fingerprint density at radius 1 is 0.636 bits per heavy atom. The van der Waals surface area contributed by atoms with Gasteiger partial charge in [-0.3, -0.25) is 9.59 Å². The molecule has 0 atom stereocenters. The number of hydrogen-bond donors (Lipinski definition) is 0. The highest BCUT2D eigenvalue weighted by Crippen LogP contribution is 2.18. The first kappa shape index (κ1) is 16.2. The van der Waals surface area contributed by atoms with Crippen molar-refractivity contribution in [2.45, 2.75) is 0 Å². The van der Waals surface area contributed by atoms with E-state index >= 15 is 0 Å². The van der Waals surface area contributed by atoms with Crippen LogP contribution in [0.25, 0.3) is 12.2 Å². The number of benzene rings is 2. The molecule has 0 aliphatic carbocycles. The molecular formula is C18H12Cl2O2. The summed E-state index contributed by atoms with van der Waals surface area (Å²) in [7, 11) is 0. The minimum absolute atomic E-state index is 0.298. The Morgan fingerprint density at radius 3 is 1.23 bits per heavy atom. The molecule has 22 heavy (non-hydrogen) atoms. The topological polar surface area (TPSA) is 34.1 Å². The van der Waals surface area contributed by atoms with Crippen molar-refractivity contribution in [2.75, 3.05) is 0 Å². The Bertz CT molecular complexity index is 661. The molecule has 0 fully saturated rings. The van der Waals surface area contributed by atoms with E-state index in [1.54, 1.807) is 60.7 Å². The third-order valence-corrected chi connectivity index (χ3v) is 3.48. The van der Waals surface area contributed by atoms with Gasteiger partial charge >= 0.3 is 0 Å². The lowest BCUT2D eigenvalue weighted by atomic mass is 10.0. The van der Waals surface area contributed by atoms with Crippen molar-refractivity contribution in [3.63, 3.8) is 0 Å². The van der Waals surface area contributed by atoms with Crippen LogP contribution < -0.4 is 0 Å². The lowest BCUT2D eigenvalue weighted by molar-refractivity contribution is -0.107. The number of carbonyl (C=O) groups excluding carboxylic acids is 2. The molecule has 0 radical (unpaired) electrons. The maximum Gasteiger partial charge on any atom is 0.150 e. The van der Waals surface area contributed by atoms with Gasteiger partial charge in [-0.25, -0.2) is 0 Å². The Morgan fingerprint density at radius 2 is 0.955 bits per heavy atom. The van der Waals surface area contributed by atoms with Gasteiger partial charge in [0.25, 0.3) is 0 Å². The molecule has 2 rings (SSSR count). The third-order valence-electron chi connectivity index (χ3n) is 2.97. The molecule has 2 aromatic carbocycles. The van der Waals surface area contributed by atoms with Crippen LogP contribution in [0.2, 0.25) is 10.0 Å². The van der Waals surface area contributed by atoms with Gasteiger partial charge in [0.2, 0.25) is 0 Å². The first-order valence-electron chi connectivity index (χ1n) is 6.47. The molecule has 0 heterocycles.